The van der Waals surface area contributed by atoms with Crippen molar-refractivity contribution in [1.29, 1.82) is 0 Å². The predicted molar refractivity (Wildman–Crippen MR) is 71.3 cm³/mol. The summed E-state index contributed by atoms with van der Waals surface area (Å²) in [4.78, 5) is 13.7. The fourth-order valence-corrected chi connectivity index (χ4v) is 2.41. The van der Waals surface area contributed by atoms with Gasteiger partial charge in [-0.05, 0) is 24.3 Å². The van der Waals surface area contributed by atoms with E-state index in [9.17, 15) is 9.90 Å². The maximum atomic E-state index is 11.9. The fourth-order valence-electron chi connectivity index (χ4n) is 2.41. The third-order valence-corrected chi connectivity index (χ3v) is 3.68. The molecule has 0 aromatic heterocycles. The Kier molecular flexibility index (Phi) is 4.37. The smallest absolute Gasteiger partial charge is 0.222 e. The summed E-state index contributed by atoms with van der Waals surface area (Å²) < 4.78 is 0. The number of likely N-dealkylation sites (tertiary alicyclic amines) is 1. The van der Waals surface area contributed by atoms with Gasteiger partial charge in [0, 0.05) is 19.5 Å². The van der Waals surface area contributed by atoms with Crippen LogP contribution in [0.15, 0.2) is 30.3 Å². The third-order valence-electron chi connectivity index (χ3n) is 3.68. The van der Waals surface area contributed by atoms with Crippen LogP contribution < -0.4 is 0 Å². The van der Waals surface area contributed by atoms with Crippen LogP contribution in [0, 0.1) is 0 Å². The summed E-state index contributed by atoms with van der Waals surface area (Å²) in [5.74, 6) is 0.581. The van der Waals surface area contributed by atoms with Crippen molar-refractivity contribution in [3.8, 4) is 0 Å². The molecule has 1 aromatic rings. The van der Waals surface area contributed by atoms with Crippen molar-refractivity contribution in [3.63, 3.8) is 0 Å². The molecular formula is C15H21NO2. The van der Waals surface area contributed by atoms with E-state index < -0.39 is 0 Å². The number of benzene rings is 1. The Hall–Kier alpha value is -1.35. The molecule has 1 aliphatic heterocycles. The minimum atomic E-state index is -0.319. The molecule has 1 N–H and O–H groups in total. The highest BCUT2D eigenvalue weighted by Crippen LogP contribution is 2.21. The lowest BCUT2D eigenvalue weighted by Gasteiger charge is -2.17. The molecule has 1 saturated heterocycles. The van der Waals surface area contributed by atoms with Crippen molar-refractivity contribution in [1.82, 2.24) is 4.90 Å². The lowest BCUT2D eigenvalue weighted by atomic mass is 9.96. The van der Waals surface area contributed by atoms with Crippen molar-refractivity contribution >= 4 is 5.91 Å². The Balaban J connectivity index is 1.79. The summed E-state index contributed by atoms with van der Waals surface area (Å²) in [5.41, 5.74) is 1.28. The van der Waals surface area contributed by atoms with Crippen molar-refractivity contribution in [3.05, 3.63) is 35.9 Å². The summed E-state index contributed by atoms with van der Waals surface area (Å²) in [6, 6.07) is 10.3. The molecule has 2 rings (SSSR count). The van der Waals surface area contributed by atoms with Gasteiger partial charge in [0.1, 0.15) is 0 Å². The number of β-amino-alcohol motifs (C(OH)–C–C–N with tert-alkyl or cyclic N) is 1. The Bertz CT molecular complexity index is 391. The molecule has 0 bridgehead atoms. The molecule has 3 nitrogen and oxygen atoms in total. The Labute approximate surface area is 108 Å². The van der Waals surface area contributed by atoms with E-state index in [1.807, 2.05) is 18.2 Å². The van der Waals surface area contributed by atoms with Gasteiger partial charge in [-0.2, -0.15) is 0 Å². The van der Waals surface area contributed by atoms with E-state index in [4.69, 9.17) is 0 Å². The van der Waals surface area contributed by atoms with E-state index in [1.165, 1.54) is 5.56 Å². The Morgan fingerprint density at radius 3 is 2.78 bits per heavy atom. The van der Waals surface area contributed by atoms with Crippen LogP contribution in [-0.2, 0) is 4.79 Å². The monoisotopic (exact) mass is 247 g/mol. The zero-order chi connectivity index (χ0) is 13.0. The van der Waals surface area contributed by atoms with Crippen LogP contribution in [0.1, 0.15) is 37.7 Å². The normalized spacial score (nSPS) is 21.0. The number of hydrogen-bond donors (Lipinski definition) is 1. The molecule has 0 spiro atoms. The molecule has 0 saturated carbocycles. The predicted octanol–water partition coefficient (Wildman–Crippen LogP) is 2.16. The lowest BCUT2D eigenvalue weighted by molar-refractivity contribution is -0.130. The molecular weight excluding hydrogens is 226 g/mol. The average Bonchev–Trinajstić information content (AvgIpc) is 2.83. The molecule has 1 heterocycles. The minimum Gasteiger partial charge on any atom is -0.391 e. The van der Waals surface area contributed by atoms with Crippen LogP contribution in [0.2, 0.25) is 0 Å². The highest BCUT2D eigenvalue weighted by atomic mass is 16.3. The van der Waals surface area contributed by atoms with Gasteiger partial charge in [0.25, 0.3) is 0 Å². The molecule has 1 amide bonds. The minimum absolute atomic E-state index is 0.175. The number of carbonyl (C=O) groups is 1. The molecule has 1 aromatic carbocycles. The van der Waals surface area contributed by atoms with Crippen LogP contribution in [-0.4, -0.2) is 35.1 Å². The molecule has 2 atom stereocenters. The highest BCUT2D eigenvalue weighted by Gasteiger charge is 2.24. The number of carbonyl (C=O) groups excluding carboxylic acids is 1. The number of nitrogens with zero attached hydrogens (tertiary/aromatic N) is 1. The summed E-state index contributed by atoms with van der Waals surface area (Å²) in [6.45, 7) is 3.37. The van der Waals surface area contributed by atoms with Gasteiger partial charge in [-0.1, -0.05) is 37.3 Å². The first kappa shape index (κ1) is 13.1. The van der Waals surface area contributed by atoms with Gasteiger partial charge in [-0.15, -0.1) is 0 Å². The highest BCUT2D eigenvalue weighted by molar-refractivity contribution is 5.76. The van der Waals surface area contributed by atoms with Gasteiger partial charge >= 0.3 is 0 Å². The topological polar surface area (TPSA) is 40.5 Å². The molecule has 3 heteroatoms. The molecule has 0 radical (unpaired) electrons. The van der Waals surface area contributed by atoms with Crippen molar-refractivity contribution < 1.29 is 9.90 Å². The number of aliphatic hydroxyl groups is 1. The second-order valence-electron chi connectivity index (χ2n) is 5.13. The zero-order valence-corrected chi connectivity index (χ0v) is 10.9. The van der Waals surface area contributed by atoms with Crippen molar-refractivity contribution in [2.24, 2.45) is 0 Å². The van der Waals surface area contributed by atoms with E-state index >= 15 is 0 Å². The largest absolute Gasteiger partial charge is 0.391 e. The van der Waals surface area contributed by atoms with E-state index in [0.717, 1.165) is 12.8 Å². The second-order valence-corrected chi connectivity index (χ2v) is 5.13. The molecule has 18 heavy (non-hydrogen) atoms. The molecule has 1 aliphatic rings. The van der Waals surface area contributed by atoms with Crippen LogP contribution in [0.3, 0.4) is 0 Å². The summed E-state index contributed by atoms with van der Waals surface area (Å²) in [6.07, 6.45) is 1.85. The van der Waals surface area contributed by atoms with Crippen LogP contribution in [0.4, 0.5) is 0 Å². The Morgan fingerprint density at radius 1 is 1.44 bits per heavy atom. The van der Waals surface area contributed by atoms with E-state index in [2.05, 4.69) is 19.1 Å². The van der Waals surface area contributed by atoms with Gasteiger partial charge in [-0.3, -0.25) is 4.79 Å². The van der Waals surface area contributed by atoms with Gasteiger partial charge in [0.05, 0.1) is 6.10 Å². The van der Waals surface area contributed by atoms with E-state index in [-0.39, 0.29) is 12.0 Å². The standard InChI is InChI=1S/C15H21NO2/c1-12(13-5-3-2-4-6-13)7-8-15(18)16-10-9-14(17)11-16/h2-6,12,14,17H,7-11H2,1H3/t12?,14-/m0/s1. The number of hydrogen-bond acceptors (Lipinski definition) is 2. The fraction of sp³-hybridized carbons (Fsp3) is 0.533. The molecule has 0 aliphatic carbocycles. The molecule has 1 fully saturated rings. The third kappa shape index (κ3) is 3.33. The maximum Gasteiger partial charge on any atom is 0.222 e. The van der Waals surface area contributed by atoms with Gasteiger partial charge in [-0.25, -0.2) is 0 Å². The number of aliphatic hydroxyl groups excluding tert-OH is 1. The summed E-state index contributed by atoms with van der Waals surface area (Å²) >= 11 is 0. The van der Waals surface area contributed by atoms with Gasteiger partial charge in [0.2, 0.25) is 5.91 Å². The second kappa shape index (κ2) is 6.01. The van der Waals surface area contributed by atoms with Crippen LogP contribution in [0.5, 0.6) is 0 Å². The quantitative estimate of drug-likeness (QED) is 0.885. The maximum absolute atomic E-state index is 11.9. The first-order chi connectivity index (χ1) is 8.66. The van der Waals surface area contributed by atoms with Gasteiger partial charge in [0.15, 0.2) is 0 Å². The molecule has 1 unspecified atom stereocenters. The number of rotatable bonds is 4. The first-order valence-electron chi connectivity index (χ1n) is 6.67. The first-order valence-corrected chi connectivity index (χ1v) is 6.67. The van der Waals surface area contributed by atoms with Crippen LogP contribution in [0.25, 0.3) is 0 Å². The van der Waals surface area contributed by atoms with E-state index in [0.29, 0.717) is 25.4 Å². The Morgan fingerprint density at radius 2 is 2.17 bits per heavy atom. The summed E-state index contributed by atoms with van der Waals surface area (Å²) in [7, 11) is 0. The average molecular weight is 247 g/mol. The van der Waals surface area contributed by atoms with Crippen LogP contribution >= 0.6 is 0 Å². The summed E-state index contributed by atoms with van der Waals surface area (Å²) in [5, 5.41) is 9.41. The lowest BCUT2D eigenvalue weighted by Crippen LogP contribution is -2.29. The molecule has 98 valence electrons. The SMILES string of the molecule is CC(CCC(=O)N1CC[C@H](O)C1)c1ccccc1. The number of amides is 1. The van der Waals surface area contributed by atoms with Gasteiger partial charge < -0.3 is 10.0 Å². The zero-order valence-electron chi connectivity index (χ0n) is 10.9. The van der Waals surface area contributed by atoms with E-state index in [1.54, 1.807) is 4.90 Å². The van der Waals surface area contributed by atoms with Crippen molar-refractivity contribution in [2.45, 2.75) is 38.2 Å². The van der Waals surface area contributed by atoms with Crippen molar-refractivity contribution in [2.75, 3.05) is 13.1 Å².